The molecule has 3 aromatic carbocycles. The van der Waals surface area contributed by atoms with Crippen LogP contribution in [-0.2, 0) is 6.54 Å². The predicted molar refractivity (Wildman–Crippen MR) is 123 cm³/mol. The van der Waals surface area contributed by atoms with E-state index in [2.05, 4.69) is 59.1 Å². The van der Waals surface area contributed by atoms with E-state index in [1.807, 2.05) is 12.1 Å². The molecule has 0 spiro atoms. The molecule has 0 aliphatic carbocycles. The summed E-state index contributed by atoms with van der Waals surface area (Å²) in [6.07, 6.45) is 0. The number of aryl methyl sites for hydroxylation is 1. The van der Waals surface area contributed by atoms with Crippen molar-refractivity contribution in [3.63, 3.8) is 0 Å². The van der Waals surface area contributed by atoms with E-state index >= 15 is 0 Å². The third-order valence-corrected chi connectivity index (χ3v) is 6.58. The van der Waals surface area contributed by atoms with E-state index in [1.165, 1.54) is 28.8 Å². The summed E-state index contributed by atoms with van der Waals surface area (Å²) in [5.74, 6) is 1.48. The van der Waals surface area contributed by atoms with Crippen molar-refractivity contribution in [2.24, 2.45) is 5.92 Å². The van der Waals surface area contributed by atoms with E-state index in [0.717, 1.165) is 35.8 Å². The van der Waals surface area contributed by atoms with Gasteiger partial charge in [-0.05, 0) is 41.8 Å². The van der Waals surface area contributed by atoms with Gasteiger partial charge in [0.25, 0.3) is 0 Å². The molecule has 3 aromatic rings. The Hall–Kier alpha value is -3.09. The fourth-order valence-electron chi connectivity index (χ4n) is 5.05. The second-order valence-electron chi connectivity index (χ2n) is 8.60. The van der Waals surface area contributed by atoms with Crippen molar-refractivity contribution in [2.45, 2.75) is 25.6 Å². The molecule has 0 amide bonds. The number of rotatable bonds is 5. The zero-order valence-corrected chi connectivity index (χ0v) is 18.6. The summed E-state index contributed by atoms with van der Waals surface area (Å²) in [5, 5.41) is 0. The number of hydrogen-bond acceptors (Lipinski definition) is 5. The molecule has 0 radical (unpaired) electrons. The maximum atomic E-state index is 13.5. The van der Waals surface area contributed by atoms with Gasteiger partial charge in [-0.2, -0.15) is 0 Å². The standard InChI is InChI=1S/C26H28FN3O2/c1-16-5-4-6-17(11-16)14-30-15-21-25(18-7-9-19(27)10-8-18)28-29-26(21)20-12-23(31-2)24(32-3)13-22(20)30/h4-13,21,25-26,28-29H,14-15H2,1-3H3. The Morgan fingerprint density at radius 3 is 2.38 bits per heavy atom. The molecule has 3 unspecified atom stereocenters. The van der Waals surface area contributed by atoms with Crippen molar-refractivity contribution >= 4 is 5.69 Å². The van der Waals surface area contributed by atoms with E-state index in [1.54, 1.807) is 14.2 Å². The second-order valence-corrected chi connectivity index (χ2v) is 8.60. The Kier molecular flexibility index (Phi) is 5.49. The topological polar surface area (TPSA) is 45.8 Å². The number of methoxy groups -OCH3 is 2. The minimum absolute atomic E-state index is 0.0712. The molecule has 6 heteroatoms. The zero-order valence-electron chi connectivity index (χ0n) is 18.6. The highest BCUT2D eigenvalue weighted by Gasteiger charge is 2.43. The molecule has 0 aromatic heterocycles. The maximum Gasteiger partial charge on any atom is 0.162 e. The summed E-state index contributed by atoms with van der Waals surface area (Å²) in [6, 6.07) is 19.7. The summed E-state index contributed by atoms with van der Waals surface area (Å²) in [7, 11) is 3.33. The first-order valence-electron chi connectivity index (χ1n) is 10.9. The number of hydrazine groups is 1. The van der Waals surface area contributed by atoms with Gasteiger partial charge in [0.15, 0.2) is 11.5 Å². The Bertz CT molecular complexity index is 1120. The van der Waals surface area contributed by atoms with Crippen molar-refractivity contribution in [2.75, 3.05) is 25.7 Å². The molecule has 32 heavy (non-hydrogen) atoms. The Morgan fingerprint density at radius 1 is 0.938 bits per heavy atom. The zero-order chi connectivity index (χ0) is 22.2. The SMILES string of the molecule is COc1cc2c(cc1OC)N(Cc1cccc(C)c1)CC1C(c3ccc(F)cc3)NNC21. The number of fused-ring (bicyclic) bond motifs is 3. The molecular formula is C26H28FN3O2. The number of benzene rings is 3. The summed E-state index contributed by atoms with van der Waals surface area (Å²) in [6.45, 7) is 3.76. The molecule has 1 fully saturated rings. The monoisotopic (exact) mass is 433 g/mol. The summed E-state index contributed by atoms with van der Waals surface area (Å²) in [5.41, 5.74) is 12.9. The number of nitrogens with zero attached hydrogens (tertiary/aromatic N) is 1. The van der Waals surface area contributed by atoms with Gasteiger partial charge >= 0.3 is 0 Å². The Balaban J connectivity index is 1.56. The largest absolute Gasteiger partial charge is 0.493 e. The van der Waals surface area contributed by atoms with Gasteiger partial charge in [-0.15, -0.1) is 0 Å². The van der Waals surface area contributed by atoms with Gasteiger partial charge in [0, 0.05) is 30.8 Å². The molecule has 5 nitrogen and oxygen atoms in total. The normalized spacial score (nSPS) is 21.8. The molecule has 2 aliphatic heterocycles. The lowest BCUT2D eigenvalue weighted by Crippen LogP contribution is -2.39. The molecule has 2 heterocycles. The van der Waals surface area contributed by atoms with Crippen LogP contribution in [0.4, 0.5) is 10.1 Å². The molecule has 1 saturated heterocycles. The van der Waals surface area contributed by atoms with Gasteiger partial charge in [0.05, 0.1) is 26.3 Å². The van der Waals surface area contributed by atoms with Gasteiger partial charge < -0.3 is 14.4 Å². The molecule has 166 valence electrons. The van der Waals surface area contributed by atoms with Gasteiger partial charge in [-0.3, -0.25) is 0 Å². The maximum absolute atomic E-state index is 13.5. The average Bonchev–Trinajstić information content (AvgIpc) is 3.22. The van der Waals surface area contributed by atoms with Crippen LogP contribution < -0.4 is 25.2 Å². The molecule has 3 atom stereocenters. The summed E-state index contributed by atoms with van der Waals surface area (Å²) >= 11 is 0. The minimum atomic E-state index is -0.219. The third-order valence-electron chi connectivity index (χ3n) is 6.58. The summed E-state index contributed by atoms with van der Waals surface area (Å²) in [4.78, 5) is 2.42. The van der Waals surface area contributed by atoms with Crippen molar-refractivity contribution < 1.29 is 13.9 Å². The average molecular weight is 434 g/mol. The van der Waals surface area contributed by atoms with Gasteiger partial charge in [-0.1, -0.05) is 42.0 Å². The lowest BCUT2D eigenvalue weighted by Gasteiger charge is -2.39. The lowest BCUT2D eigenvalue weighted by atomic mass is 9.81. The number of nitrogens with one attached hydrogen (secondary N) is 2. The van der Waals surface area contributed by atoms with Crippen LogP contribution in [0.1, 0.15) is 34.3 Å². The van der Waals surface area contributed by atoms with E-state index in [4.69, 9.17) is 9.47 Å². The van der Waals surface area contributed by atoms with Crippen LogP contribution in [0.25, 0.3) is 0 Å². The first-order valence-corrected chi connectivity index (χ1v) is 10.9. The van der Waals surface area contributed by atoms with Crippen LogP contribution >= 0.6 is 0 Å². The van der Waals surface area contributed by atoms with E-state index < -0.39 is 0 Å². The first-order chi connectivity index (χ1) is 15.6. The molecule has 0 saturated carbocycles. The molecule has 5 rings (SSSR count). The predicted octanol–water partition coefficient (Wildman–Crippen LogP) is 4.68. The number of halogens is 1. The molecular weight excluding hydrogens is 405 g/mol. The highest BCUT2D eigenvalue weighted by molar-refractivity contribution is 5.65. The van der Waals surface area contributed by atoms with Gasteiger partial charge in [0.1, 0.15) is 5.82 Å². The number of ether oxygens (including phenoxy) is 2. The van der Waals surface area contributed by atoms with E-state index in [0.29, 0.717) is 0 Å². The third kappa shape index (κ3) is 3.70. The first kappa shape index (κ1) is 20.8. The van der Waals surface area contributed by atoms with Crippen LogP contribution in [0.3, 0.4) is 0 Å². The quantitative estimate of drug-likeness (QED) is 0.612. The van der Waals surface area contributed by atoms with Crippen LogP contribution in [0.5, 0.6) is 11.5 Å². The van der Waals surface area contributed by atoms with E-state index in [9.17, 15) is 4.39 Å². The van der Waals surface area contributed by atoms with Crippen molar-refractivity contribution in [3.8, 4) is 11.5 Å². The Labute approximate surface area is 188 Å². The summed E-state index contributed by atoms with van der Waals surface area (Å²) < 4.78 is 24.7. The van der Waals surface area contributed by atoms with Crippen molar-refractivity contribution in [1.82, 2.24) is 10.9 Å². The van der Waals surface area contributed by atoms with Crippen molar-refractivity contribution in [1.29, 1.82) is 0 Å². The van der Waals surface area contributed by atoms with Crippen LogP contribution in [0.2, 0.25) is 0 Å². The smallest absolute Gasteiger partial charge is 0.162 e. The fourth-order valence-corrected chi connectivity index (χ4v) is 5.05. The molecule has 2 aliphatic rings. The molecule has 0 bridgehead atoms. The van der Waals surface area contributed by atoms with Gasteiger partial charge in [0.2, 0.25) is 0 Å². The Morgan fingerprint density at radius 2 is 1.66 bits per heavy atom. The fraction of sp³-hybridized carbons (Fsp3) is 0.308. The minimum Gasteiger partial charge on any atom is -0.493 e. The van der Waals surface area contributed by atoms with Crippen LogP contribution in [0, 0.1) is 18.7 Å². The van der Waals surface area contributed by atoms with Gasteiger partial charge in [-0.25, -0.2) is 15.2 Å². The highest BCUT2D eigenvalue weighted by atomic mass is 19.1. The number of hydrogen-bond donors (Lipinski definition) is 2. The molecule has 2 N–H and O–H groups in total. The van der Waals surface area contributed by atoms with Crippen LogP contribution in [-0.4, -0.2) is 20.8 Å². The van der Waals surface area contributed by atoms with Crippen LogP contribution in [0.15, 0.2) is 60.7 Å². The van der Waals surface area contributed by atoms with Crippen molar-refractivity contribution in [3.05, 3.63) is 88.7 Å². The lowest BCUT2D eigenvalue weighted by molar-refractivity contribution is 0.350. The second kappa shape index (κ2) is 8.45. The highest BCUT2D eigenvalue weighted by Crippen LogP contribution is 2.48. The van der Waals surface area contributed by atoms with E-state index in [-0.39, 0.29) is 23.8 Å². The number of anilines is 1.